The number of amides is 2. The minimum absolute atomic E-state index is 0.0815. The van der Waals surface area contributed by atoms with Gasteiger partial charge in [-0.1, -0.05) is 0 Å². The number of ether oxygens (including phenoxy) is 1. The summed E-state index contributed by atoms with van der Waals surface area (Å²) in [7, 11) is 1.79. The van der Waals surface area contributed by atoms with E-state index in [-0.39, 0.29) is 25.1 Å². The van der Waals surface area contributed by atoms with Crippen molar-refractivity contribution in [2.75, 3.05) is 19.7 Å². The largest absolute Gasteiger partial charge is 0.393 e. The highest BCUT2D eigenvalue weighted by Crippen LogP contribution is 2.33. The van der Waals surface area contributed by atoms with Gasteiger partial charge in [0.2, 0.25) is 0 Å². The number of urea groups is 1. The first-order valence-corrected chi connectivity index (χ1v) is 8.07. The molecule has 1 unspecified atom stereocenters. The third kappa shape index (κ3) is 3.66. The number of nitrogens with zero attached hydrogens (tertiary/aromatic N) is 3. The molecule has 3 heterocycles. The zero-order valence-electron chi connectivity index (χ0n) is 13.4. The fraction of sp³-hybridized carbons (Fsp3) is 0.733. The smallest absolute Gasteiger partial charge is 0.371 e. The third-order valence-electron chi connectivity index (χ3n) is 4.63. The molecule has 0 aliphatic carbocycles. The summed E-state index contributed by atoms with van der Waals surface area (Å²) in [4.78, 5) is 13.6. The molecule has 0 saturated carbocycles. The van der Waals surface area contributed by atoms with Gasteiger partial charge in [0.25, 0.3) is 0 Å². The van der Waals surface area contributed by atoms with Crippen LogP contribution < -0.4 is 5.32 Å². The second-order valence-electron chi connectivity index (χ2n) is 6.41. The molecule has 2 amide bonds. The molecule has 0 aromatic carbocycles. The van der Waals surface area contributed by atoms with Crippen LogP contribution in [0.3, 0.4) is 0 Å². The lowest BCUT2D eigenvalue weighted by Crippen LogP contribution is -2.51. The Morgan fingerprint density at radius 1 is 1.42 bits per heavy atom. The van der Waals surface area contributed by atoms with E-state index in [1.54, 1.807) is 17.9 Å². The van der Waals surface area contributed by atoms with Crippen molar-refractivity contribution in [3.8, 4) is 0 Å². The number of carbonyl (C=O) groups excluding carboxylic acids is 1. The molecule has 6 nitrogen and oxygen atoms in total. The molecule has 134 valence electrons. The predicted octanol–water partition coefficient (Wildman–Crippen LogP) is 2.23. The number of halogens is 3. The van der Waals surface area contributed by atoms with Crippen LogP contribution in [0.15, 0.2) is 12.4 Å². The summed E-state index contributed by atoms with van der Waals surface area (Å²) < 4.78 is 46.0. The highest BCUT2D eigenvalue weighted by atomic mass is 19.4. The van der Waals surface area contributed by atoms with E-state index in [0.717, 1.165) is 5.56 Å². The molecule has 3 rings (SSSR count). The summed E-state index contributed by atoms with van der Waals surface area (Å²) in [6.07, 6.45) is -0.00463. The van der Waals surface area contributed by atoms with Gasteiger partial charge >= 0.3 is 12.2 Å². The fourth-order valence-corrected chi connectivity index (χ4v) is 3.33. The van der Waals surface area contributed by atoms with Crippen molar-refractivity contribution < 1.29 is 22.7 Å². The monoisotopic (exact) mass is 346 g/mol. The van der Waals surface area contributed by atoms with E-state index in [1.807, 2.05) is 6.20 Å². The summed E-state index contributed by atoms with van der Waals surface area (Å²) >= 11 is 0. The first kappa shape index (κ1) is 17.1. The molecule has 24 heavy (non-hydrogen) atoms. The lowest BCUT2D eigenvalue weighted by molar-refractivity contribution is -0.184. The van der Waals surface area contributed by atoms with Crippen LogP contribution in [0.2, 0.25) is 0 Å². The molecule has 2 aliphatic heterocycles. The van der Waals surface area contributed by atoms with Crippen LogP contribution in [-0.2, 0) is 11.8 Å². The van der Waals surface area contributed by atoms with Gasteiger partial charge in [-0.2, -0.15) is 18.3 Å². The number of hydrogen-bond acceptors (Lipinski definition) is 3. The van der Waals surface area contributed by atoms with Crippen LogP contribution in [0.4, 0.5) is 18.0 Å². The molecule has 2 saturated heterocycles. The van der Waals surface area contributed by atoms with Gasteiger partial charge in [0.05, 0.1) is 18.2 Å². The van der Waals surface area contributed by atoms with E-state index in [0.29, 0.717) is 26.0 Å². The van der Waals surface area contributed by atoms with Crippen LogP contribution in [-0.4, -0.2) is 52.6 Å². The minimum Gasteiger partial charge on any atom is -0.371 e. The van der Waals surface area contributed by atoms with Crippen molar-refractivity contribution in [2.24, 2.45) is 13.0 Å². The molecule has 1 N–H and O–H groups in total. The Hall–Kier alpha value is -1.77. The van der Waals surface area contributed by atoms with Crippen molar-refractivity contribution in [1.29, 1.82) is 0 Å². The SMILES string of the molecule is Cn1cc([C@@H]2OCC[C@H]2NC(=O)N2CCCC(C(F)(F)F)C2)cn1. The Morgan fingerprint density at radius 2 is 2.21 bits per heavy atom. The number of likely N-dealkylation sites (tertiary alicyclic amines) is 1. The van der Waals surface area contributed by atoms with Gasteiger partial charge in [0.15, 0.2) is 0 Å². The molecular weight excluding hydrogens is 325 g/mol. The number of rotatable bonds is 2. The van der Waals surface area contributed by atoms with Crippen molar-refractivity contribution >= 4 is 6.03 Å². The molecule has 0 spiro atoms. The fourth-order valence-electron chi connectivity index (χ4n) is 3.33. The minimum atomic E-state index is -4.26. The standard InChI is InChI=1S/C15H21F3N4O2/c1-21-8-10(7-19-21)13-12(4-6-24-13)20-14(23)22-5-2-3-11(9-22)15(16,17)18/h7-8,11-13H,2-6,9H2,1H3,(H,20,23)/t11?,12-,13+/m1/s1. The molecule has 1 aromatic rings. The van der Waals surface area contributed by atoms with E-state index >= 15 is 0 Å². The summed E-state index contributed by atoms with van der Waals surface area (Å²) in [6, 6.07) is -0.707. The number of hydrogen-bond donors (Lipinski definition) is 1. The normalized spacial score (nSPS) is 28.2. The number of alkyl halides is 3. The molecule has 2 fully saturated rings. The van der Waals surface area contributed by atoms with Gasteiger partial charge in [-0.25, -0.2) is 4.79 Å². The maximum Gasteiger partial charge on any atom is 0.393 e. The Morgan fingerprint density at radius 3 is 2.88 bits per heavy atom. The van der Waals surface area contributed by atoms with E-state index in [1.165, 1.54) is 4.90 Å². The lowest BCUT2D eigenvalue weighted by Gasteiger charge is -2.34. The van der Waals surface area contributed by atoms with Crippen LogP contribution in [0.25, 0.3) is 0 Å². The molecule has 0 radical (unpaired) electrons. The summed E-state index contributed by atoms with van der Waals surface area (Å²) in [5.74, 6) is -1.44. The van der Waals surface area contributed by atoms with Gasteiger partial charge in [0, 0.05) is 38.5 Å². The lowest BCUT2D eigenvalue weighted by atomic mass is 9.98. The molecule has 9 heteroatoms. The van der Waals surface area contributed by atoms with Gasteiger partial charge in [-0.3, -0.25) is 4.68 Å². The molecule has 1 aromatic heterocycles. The van der Waals surface area contributed by atoms with Crippen LogP contribution >= 0.6 is 0 Å². The van der Waals surface area contributed by atoms with Crippen molar-refractivity contribution in [1.82, 2.24) is 20.0 Å². The summed E-state index contributed by atoms with van der Waals surface area (Å²) in [5, 5.41) is 6.93. The number of aryl methyl sites for hydroxylation is 1. The number of aromatic nitrogens is 2. The van der Waals surface area contributed by atoms with E-state index in [9.17, 15) is 18.0 Å². The molecule has 3 atom stereocenters. The first-order valence-electron chi connectivity index (χ1n) is 8.07. The van der Waals surface area contributed by atoms with Crippen LogP contribution in [0, 0.1) is 5.92 Å². The van der Waals surface area contributed by atoms with Gasteiger partial charge in [-0.05, 0) is 19.3 Å². The predicted molar refractivity (Wildman–Crippen MR) is 79.2 cm³/mol. The first-order chi connectivity index (χ1) is 11.3. The quantitative estimate of drug-likeness (QED) is 0.893. The van der Waals surface area contributed by atoms with Gasteiger partial charge in [-0.15, -0.1) is 0 Å². The maximum absolute atomic E-state index is 12.9. The zero-order chi connectivity index (χ0) is 17.3. The van der Waals surface area contributed by atoms with Gasteiger partial charge < -0.3 is 15.0 Å². The van der Waals surface area contributed by atoms with Gasteiger partial charge in [0.1, 0.15) is 6.10 Å². The van der Waals surface area contributed by atoms with Crippen molar-refractivity contribution in [2.45, 2.75) is 37.6 Å². The van der Waals surface area contributed by atoms with E-state index in [2.05, 4.69) is 10.4 Å². The third-order valence-corrected chi connectivity index (χ3v) is 4.63. The summed E-state index contributed by atoms with van der Waals surface area (Å²) in [6.45, 7) is 0.569. The van der Waals surface area contributed by atoms with Crippen molar-refractivity contribution in [3.63, 3.8) is 0 Å². The topological polar surface area (TPSA) is 59.4 Å². The second kappa shape index (κ2) is 6.62. The Balaban J connectivity index is 1.61. The average Bonchev–Trinajstić information content (AvgIpc) is 3.15. The van der Waals surface area contributed by atoms with E-state index in [4.69, 9.17) is 4.74 Å². The van der Waals surface area contributed by atoms with Crippen LogP contribution in [0.1, 0.15) is 30.9 Å². The Kier molecular flexibility index (Phi) is 4.71. The molecular formula is C15H21F3N4O2. The zero-order valence-corrected chi connectivity index (χ0v) is 13.4. The van der Waals surface area contributed by atoms with E-state index < -0.39 is 18.1 Å². The second-order valence-corrected chi connectivity index (χ2v) is 6.41. The Labute approximate surface area is 137 Å². The summed E-state index contributed by atoms with van der Waals surface area (Å²) in [5.41, 5.74) is 0.854. The highest BCUT2D eigenvalue weighted by molar-refractivity contribution is 5.74. The number of piperidine rings is 1. The highest BCUT2D eigenvalue weighted by Gasteiger charge is 2.43. The maximum atomic E-state index is 12.9. The average molecular weight is 346 g/mol. The number of nitrogens with one attached hydrogen (secondary N) is 1. The molecule has 2 aliphatic rings. The Bertz CT molecular complexity index is 590. The van der Waals surface area contributed by atoms with Crippen molar-refractivity contribution in [3.05, 3.63) is 18.0 Å². The number of carbonyl (C=O) groups is 1. The molecule has 0 bridgehead atoms. The van der Waals surface area contributed by atoms with Crippen LogP contribution in [0.5, 0.6) is 0 Å².